The molecule has 0 saturated carbocycles. The van der Waals surface area contributed by atoms with E-state index in [1.807, 2.05) is 24.3 Å². The minimum Gasteiger partial charge on any atom is -0.505 e. The zero-order chi connectivity index (χ0) is 13.8. The Labute approximate surface area is 111 Å². The van der Waals surface area contributed by atoms with Gasteiger partial charge in [0.2, 0.25) is 0 Å². The average Bonchev–Trinajstić information content (AvgIpc) is 2.40. The van der Waals surface area contributed by atoms with Crippen LogP contribution in [0, 0.1) is 5.82 Å². The molecule has 0 bridgehead atoms. The molecule has 2 aromatic rings. The van der Waals surface area contributed by atoms with E-state index in [1.165, 1.54) is 12.1 Å². The van der Waals surface area contributed by atoms with E-state index in [9.17, 15) is 9.50 Å². The monoisotopic (exact) mass is 261 g/mol. The number of aliphatic hydroxyl groups excluding tert-OH is 1. The van der Waals surface area contributed by atoms with Crippen LogP contribution in [-0.2, 0) is 6.54 Å². The largest absolute Gasteiger partial charge is 0.505 e. The molecule has 2 aromatic carbocycles. The SMILES string of the molecule is CC(O)c1ccccc1NCc1ccc(O)c(F)c1. The lowest BCUT2D eigenvalue weighted by molar-refractivity contribution is 0.200. The molecule has 3 N–H and O–H groups in total. The Morgan fingerprint density at radius 3 is 2.63 bits per heavy atom. The van der Waals surface area contributed by atoms with E-state index in [0.29, 0.717) is 6.54 Å². The van der Waals surface area contributed by atoms with E-state index < -0.39 is 11.9 Å². The fourth-order valence-corrected chi connectivity index (χ4v) is 1.88. The fraction of sp³-hybridized carbons (Fsp3) is 0.200. The number of hydrogen-bond acceptors (Lipinski definition) is 3. The molecule has 0 saturated heterocycles. The zero-order valence-corrected chi connectivity index (χ0v) is 10.6. The summed E-state index contributed by atoms with van der Waals surface area (Å²) in [6, 6.07) is 11.7. The van der Waals surface area contributed by atoms with Crippen LogP contribution in [0.1, 0.15) is 24.2 Å². The van der Waals surface area contributed by atoms with Crippen LogP contribution < -0.4 is 5.32 Å². The van der Waals surface area contributed by atoms with Gasteiger partial charge in [0.15, 0.2) is 11.6 Å². The van der Waals surface area contributed by atoms with Crippen LogP contribution in [-0.4, -0.2) is 10.2 Å². The van der Waals surface area contributed by atoms with Crippen LogP contribution in [0.25, 0.3) is 0 Å². The number of phenols is 1. The molecular formula is C15H16FNO2. The van der Waals surface area contributed by atoms with E-state index in [0.717, 1.165) is 16.8 Å². The third-order valence-corrected chi connectivity index (χ3v) is 2.91. The van der Waals surface area contributed by atoms with E-state index in [4.69, 9.17) is 5.11 Å². The first-order valence-corrected chi connectivity index (χ1v) is 6.06. The van der Waals surface area contributed by atoms with Crippen molar-refractivity contribution in [1.82, 2.24) is 0 Å². The lowest BCUT2D eigenvalue weighted by atomic mass is 10.1. The summed E-state index contributed by atoms with van der Waals surface area (Å²) in [5, 5.41) is 21.9. The number of phenolic OH excluding ortho intramolecular Hbond substituents is 1. The molecule has 0 aromatic heterocycles. The van der Waals surface area contributed by atoms with Gasteiger partial charge < -0.3 is 15.5 Å². The maximum atomic E-state index is 13.2. The number of halogens is 1. The highest BCUT2D eigenvalue weighted by Crippen LogP contribution is 2.23. The molecule has 19 heavy (non-hydrogen) atoms. The molecule has 100 valence electrons. The van der Waals surface area contributed by atoms with Crippen molar-refractivity contribution < 1.29 is 14.6 Å². The second-order valence-electron chi connectivity index (χ2n) is 4.40. The van der Waals surface area contributed by atoms with Crippen molar-refractivity contribution in [1.29, 1.82) is 0 Å². The molecule has 0 aliphatic heterocycles. The second kappa shape index (κ2) is 5.71. The summed E-state index contributed by atoms with van der Waals surface area (Å²) in [4.78, 5) is 0. The molecule has 4 heteroatoms. The van der Waals surface area contributed by atoms with Crippen molar-refractivity contribution in [3.63, 3.8) is 0 Å². The summed E-state index contributed by atoms with van der Waals surface area (Å²) in [5.41, 5.74) is 2.32. The molecule has 0 aliphatic rings. The Morgan fingerprint density at radius 2 is 1.95 bits per heavy atom. The van der Waals surface area contributed by atoms with Gasteiger partial charge in [0.25, 0.3) is 0 Å². The van der Waals surface area contributed by atoms with Gasteiger partial charge in [0, 0.05) is 17.8 Å². The molecule has 0 amide bonds. The standard InChI is InChI=1S/C15H16FNO2/c1-10(18)12-4-2-3-5-14(12)17-9-11-6-7-15(19)13(16)8-11/h2-8,10,17-19H,9H2,1H3. The number of benzene rings is 2. The Kier molecular flexibility index (Phi) is 4.02. The second-order valence-corrected chi connectivity index (χ2v) is 4.40. The highest BCUT2D eigenvalue weighted by Gasteiger charge is 2.07. The summed E-state index contributed by atoms with van der Waals surface area (Å²) in [6.07, 6.45) is -0.569. The van der Waals surface area contributed by atoms with Gasteiger partial charge >= 0.3 is 0 Å². The molecule has 1 atom stereocenters. The Balaban J connectivity index is 2.12. The van der Waals surface area contributed by atoms with Gasteiger partial charge in [-0.3, -0.25) is 0 Å². The summed E-state index contributed by atoms with van der Waals surface area (Å²) in [6.45, 7) is 2.11. The predicted molar refractivity (Wildman–Crippen MR) is 72.5 cm³/mol. The van der Waals surface area contributed by atoms with Crippen LogP contribution in [0.3, 0.4) is 0 Å². The van der Waals surface area contributed by atoms with Crippen molar-refractivity contribution in [3.8, 4) is 5.75 Å². The molecule has 0 spiro atoms. The first kappa shape index (κ1) is 13.4. The molecule has 2 rings (SSSR count). The fourth-order valence-electron chi connectivity index (χ4n) is 1.88. The predicted octanol–water partition coefficient (Wildman–Crippen LogP) is 3.20. The number of nitrogens with one attached hydrogen (secondary N) is 1. The summed E-state index contributed by atoms with van der Waals surface area (Å²) in [5.74, 6) is -0.990. The number of para-hydroxylation sites is 1. The van der Waals surface area contributed by atoms with Crippen LogP contribution in [0.5, 0.6) is 5.75 Å². The minimum absolute atomic E-state index is 0.354. The smallest absolute Gasteiger partial charge is 0.165 e. The van der Waals surface area contributed by atoms with Gasteiger partial charge in [-0.15, -0.1) is 0 Å². The summed E-state index contributed by atoms with van der Waals surface area (Å²) >= 11 is 0. The number of aliphatic hydroxyl groups is 1. The topological polar surface area (TPSA) is 52.5 Å². The van der Waals surface area contributed by atoms with E-state index >= 15 is 0 Å². The molecule has 0 fully saturated rings. The first-order chi connectivity index (χ1) is 9.08. The Bertz CT molecular complexity index is 570. The molecule has 0 aliphatic carbocycles. The van der Waals surface area contributed by atoms with E-state index in [1.54, 1.807) is 13.0 Å². The Hall–Kier alpha value is -2.07. The maximum absolute atomic E-state index is 13.2. The van der Waals surface area contributed by atoms with Crippen LogP contribution in [0.2, 0.25) is 0 Å². The lowest BCUT2D eigenvalue weighted by Crippen LogP contribution is -2.04. The quantitative estimate of drug-likeness (QED) is 0.792. The number of aromatic hydroxyl groups is 1. The number of anilines is 1. The molecular weight excluding hydrogens is 245 g/mol. The molecule has 1 unspecified atom stereocenters. The van der Waals surface area contributed by atoms with Gasteiger partial charge in [-0.2, -0.15) is 0 Å². The van der Waals surface area contributed by atoms with Gasteiger partial charge in [0.1, 0.15) is 0 Å². The number of hydrogen-bond donors (Lipinski definition) is 3. The molecule has 0 radical (unpaired) electrons. The number of rotatable bonds is 4. The van der Waals surface area contributed by atoms with Crippen molar-refractivity contribution in [2.75, 3.05) is 5.32 Å². The van der Waals surface area contributed by atoms with Gasteiger partial charge in [-0.05, 0) is 30.7 Å². The van der Waals surface area contributed by atoms with Crippen molar-refractivity contribution in [2.24, 2.45) is 0 Å². The van der Waals surface area contributed by atoms with Crippen molar-refractivity contribution in [3.05, 3.63) is 59.4 Å². The summed E-state index contributed by atoms with van der Waals surface area (Å²) in [7, 11) is 0. The highest BCUT2D eigenvalue weighted by molar-refractivity contribution is 5.52. The Morgan fingerprint density at radius 1 is 1.21 bits per heavy atom. The van der Waals surface area contributed by atoms with Gasteiger partial charge in [0.05, 0.1) is 6.10 Å². The van der Waals surface area contributed by atoms with Crippen molar-refractivity contribution in [2.45, 2.75) is 19.6 Å². The highest BCUT2D eigenvalue weighted by atomic mass is 19.1. The maximum Gasteiger partial charge on any atom is 0.165 e. The van der Waals surface area contributed by atoms with E-state index in [2.05, 4.69) is 5.32 Å². The normalized spacial score (nSPS) is 12.2. The van der Waals surface area contributed by atoms with Gasteiger partial charge in [-0.1, -0.05) is 24.3 Å². The zero-order valence-electron chi connectivity index (χ0n) is 10.6. The van der Waals surface area contributed by atoms with Gasteiger partial charge in [-0.25, -0.2) is 4.39 Å². The lowest BCUT2D eigenvalue weighted by Gasteiger charge is -2.14. The molecule has 3 nitrogen and oxygen atoms in total. The third kappa shape index (κ3) is 3.23. The first-order valence-electron chi connectivity index (χ1n) is 6.06. The van der Waals surface area contributed by atoms with E-state index in [-0.39, 0.29) is 5.75 Å². The van der Waals surface area contributed by atoms with Crippen molar-refractivity contribution >= 4 is 5.69 Å². The van der Waals surface area contributed by atoms with Crippen LogP contribution in [0.15, 0.2) is 42.5 Å². The van der Waals surface area contributed by atoms with Crippen LogP contribution >= 0.6 is 0 Å². The van der Waals surface area contributed by atoms with Crippen LogP contribution in [0.4, 0.5) is 10.1 Å². The summed E-state index contributed by atoms with van der Waals surface area (Å²) < 4.78 is 13.2. The molecule has 0 heterocycles. The third-order valence-electron chi connectivity index (χ3n) is 2.91. The average molecular weight is 261 g/mol. The minimum atomic E-state index is -0.636.